The lowest BCUT2D eigenvalue weighted by Gasteiger charge is -2.02. The lowest BCUT2D eigenvalue weighted by Crippen LogP contribution is -2.09. The molecule has 2 aromatic rings. The Morgan fingerprint density at radius 2 is 2.29 bits per heavy atom. The standard InChI is InChI=1S/C11H12N4OS/c1-2-15-7-9(6-14-15)16-10-4-3-8(5-13-10)11(12)17/h3-7H,2H2,1H3,(H2,12,17). The highest BCUT2D eigenvalue weighted by molar-refractivity contribution is 7.80. The first-order valence-electron chi connectivity index (χ1n) is 5.15. The lowest BCUT2D eigenvalue weighted by molar-refractivity contribution is 0.461. The van der Waals surface area contributed by atoms with Gasteiger partial charge in [0.2, 0.25) is 5.88 Å². The minimum absolute atomic E-state index is 0.322. The summed E-state index contributed by atoms with van der Waals surface area (Å²) in [4.78, 5) is 4.43. The fourth-order valence-corrected chi connectivity index (χ4v) is 1.40. The van der Waals surface area contributed by atoms with Gasteiger partial charge in [0.05, 0.1) is 12.4 Å². The highest BCUT2D eigenvalue weighted by Crippen LogP contribution is 2.18. The van der Waals surface area contributed by atoms with Crippen LogP contribution < -0.4 is 10.5 Å². The predicted molar refractivity (Wildman–Crippen MR) is 68.1 cm³/mol. The first kappa shape index (κ1) is 11.5. The number of rotatable bonds is 4. The summed E-state index contributed by atoms with van der Waals surface area (Å²) in [5.74, 6) is 1.14. The minimum atomic E-state index is 0.322. The summed E-state index contributed by atoms with van der Waals surface area (Å²) in [7, 11) is 0. The van der Waals surface area contributed by atoms with Gasteiger partial charge in [-0.3, -0.25) is 4.68 Å². The maximum Gasteiger partial charge on any atom is 0.219 e. The first-order valence-corrected chi connectivity index (χ1v) is 5.56. The molecule has 0 saturated carbocycles. The summed E-state index contributed by atoms with van der Waals surface area (Å²) in [6, 6.07) is 3.49. The molecular formula is C11H12N4OS. The third kappa shape index (κ3) is 2.79. The molecule has 2 aromatic heterocycles. The van der Waals surface area contributed by atoms with Gasteiger partial charge in [-0.2, -0.15) is 5.10 Å². The van der Waals surface area contributed by atoms with Crippen molar-refractivity contribution in [1.82, 2.24) is 14.8 Å². The zero-order chi connectivity index (χ0) is 12.3. The maximum absolute atomic E-state index is 5.52. The highest BCUT2D eigenvalue weighted by Gasteiger charge is 2.02. The normalized spacial score (nSPS) is 10.2. The summed E-state index contributed by atoms with van der Waals surface area (Å²) in [5.41, 5.74) is 6.19. The van der Waals surface area contributed by atoms with E-state index in [0.717, 1.165) is 12.1 Å². The molecule has 0 amide bonds. The van der Waals surface area contributed by atoms with Crippen molar-refractivity contribution in [3.63, 3.8) is 0 Å². The van der Waals surface area contributed by atoms with E-state index in [2.05, 4.69) is 10.1 Å². The topological polar surface area (TPSA) is 66.0 Å². The number of thiocarbonyl (C=S) groups is 1. The van der Waals surface area contributed by atoms with Gasteiger partial charge in [-0.05, 0) is 13.0 Å². The molecule has 2 N–H and O–H groups in total. The molecule has 2 rings (SSSR count). The number of pyridine rings is 1. The van der Waals surface area contributed by atoms with Gasteiger partial charge in [-0.1, -0.05) is 12.2 Å². The molecule has 88 valence electrons. The molecule has 0 radical (unpaired) electrons. The van der Waals surface area contributed by atoms with Crippen molar-refractivity contribution in [1.29, 1.82) is 0 Å². The molecule has 0 aliphatic rings. The Balaban J connectivity index is 2.10. The molecule has 0 fully saturated rings. The Labute approximate surface area is 104 Å². The highest BCUT2D eigenvalue weighted by atomic mass is 32.1. The van der Waals surface area contributed by atoms with Gasteiger partial charge in [-0.25, -0.2) is 4.98 Å². The molecule has 0 bridgehead atoms. The van der Waals surface area contributed by atoms with E-state index < -0.39 is 0 Å². The molecule has 0 aliphatic heterocycles. The molecule has 0 aliphatic carbocycles. The number of nitrogens with zero attached hydrogens (tertiary/aromatic N) is 3. The van der Waals surface area contributed by atoms with Crippen molar-refractivity contribution in [3.05, 3.63) is 36.3 Å². The van der Waals surface area contributed by atoms with Crippen LogP contribution in [0.15, 0.2) is 30.7 Å². The van der Waals surface area contributed by atoms with E-state index in [-0.39, 0.29) is 0 Å². The molecule has 6 heteroatoms. The lowest BCUT2D eigenvalue weighted by atomic mass is 10.3. The number of hydrogen-bond donors (Lipinski definition) is 1. The summed E-state index contributed by atoms with van der Waals surface area (Å²) in [6.07, 6.45) is 5.04. The van der Waals surface area contributed by atoms with E-state index in [0.29, 0.717) is 16.6 Å². The van der Waals surface area contributed by atoms with Crippen LogP contribution in [0.5, 0.6) is 11.6 Å². The van der Waals surface area contributed by atoms with Gasteiger partial charge in [0.25, 0.3) is 0 Å². The Hall–Kier alpha value is -1.95. The van der Waals surface area contributed by atoms with Crippen molar-refractivity contribution in [2.75, 3.05) is 0 Å². The van der Waals surface area contributed by atoms with Gasteiger partial charge in [-0.15, -0.1) is 0 Å². The minimum Gasteiger partial charge on any atom is -0.436 e. The number of aryl methyl sites for hydroxylation is 1. The van der Waals surface area contributed by atoms with Gasteiger partial charge in [0.15, 0.2) is 5.75 Å². The number of hydrogen-bond acceptors (Lipinski definition) is 4. The summed E-state index contributed by atoms with van der Waals surface area (Å²) >= 11 is 4.84. The van der Waals surface area contributed by atoms with E-state index in [1.54, 1.807) is 29.2 Å². The monoisotopic (exact) mass is 248 g/mol. The van der Waals surface area contributed by atoms with Crippen LogP contribution in [0.4, 0.5) is 0 Å². The maximum atomic E-state index is 5.52. The number of ether oxygens (including phenoxy) is 1. The van der Waals surface area contributed by atoms with Crippen molar-refractivity contribution in [2.45, 2.75) is 13.5 Å². The van der Waals surface area contributed by atoms with Crippen LogP contribution in [0.1, 0.15) is 12.5 Å². The molecule has 2 heterocycles. The van der Waals surface area contributed by atoms with Crippen LogP contribution in [0.2, 0.25) is 0 Å². The quantitative estimate of drug-likeness (QED) is 0.835. The largest absolute Gasteiger partial charge is 0.436 e. The molecule has 17 heavy (non-hydrogen) atoms. The smallest absolute Gasteiger partial charge is 0.219 e. The molecular weight excluding hydrogens is 236 g/mol. The number of nitrogens with two attached hydrogens (primary N) is 1. The van der Waals surface area contributed by atoms with Crippen LogP contribution >= 0.6 is 12.2 Å². The fourth-order valence-electron chi connectivity index (χ4n) is 1.28. The van der Waals surface area contributed by atoms with Crippen molar-refractivity contribution in [2.24, 2.45) is 5.73 Å². The summed E-state index contributed by atoms with van der Waals surface area (Å²) in [5, 5.41) is 4.10. The molecule has 0 atom stereocenters. The Morgan fingerprint density at radius 3 is 2.82 bits per heavy atom. The number of aromatic nitrogens is 3. The molecule has 0 aromatic carbocycles. The second kappa shape index (κ2) is 4.92. The first-order chi connectivity index (χ1) is 8.19. The SMILES string of the molecule is CCn1cc(Oc2ccc(C(N)=S)cn2)cn1. The Kier molecular flexibility index (Phi) is 3.34. The Bertz CT molecular complexity index is 521. The summed E-state index contributed by atoms with van der Waals surface area (Å²) in [6.45, 7) is 2.81. The second-order valence-corrected chi connectivity index (χ2v) is 3.82. The zero-order valence-electron chi connectivity index (χ0n) is 9.33. The van der Waals surface area contributed by atoms with E-state index in [1.165, 1.54) is 0 Å². The van der Waals surface area contributed by atoms with Crippen molar-refractivity contribution < 1.29 is 4.74 Å². The molecule has 0 unspecified atom stereocenters. The van der Waals surface area contributed by atoms with Gasteiger partial charge < -0.3 is 10.5 Å². The van der Waals surface area contributed by atoms with Crippen LogP contribution in [-0.2, 0) is 6.54 Å². The molecule has 5 nitrogen and oxygen atoms in total. The van der Waals surface area contributed by atoms with E-state index >= 15 is 0 Å². The predicted octanol–water partition coefficient (Wildman–Crippen LogP) is 1.72. The van der Waals surface area contributed by atoms with Gasteiger partial charge in [0.1, 0.15) is 4.99 Å². The molecule has 0 spiro atoms. The summed E-state index contributed by atoms with van der Waals surface area (Å²) < 4.78 is 7.29. The van der Waals surface area contributed by atoms with Crippen molar-refractivity contribution in [3.8, 4) is 11.6 Å². The van der Waals surface area contributed by atoms with Crippen LogP contribution in [0, 0.1) is 0 Å². The van der Waals surface area contributed by atoms with Crippen molar-refractivity contribution >= 4 is 17.2 Å². The van der Waals surface area contributed by atoms with Gasteiger partial charge >= 0.3 is 0 Å². The van der Waals surface area contributed by atoms with E-state index in [9.17, 15) is 0 Å². The average molecular weight is 248 g/mol. The van der Waals surface area contributed by atoms with Crippen LogP contribution in [0.3, 0.4) is 0 Å². The molecule has 0 saturated heterocycles. The van der Waals surface area contributed by atoms with Crippen LogP contribution in [0.25, 0.3) is 0 Å². The van der Waals surface area contributed by atoms with E-state index in [1.807, 2.05) is 13.1 Å². The fraction of sp³-hybridized carbons (Fsp3) is 0.182. The Morgan fingerprint density at radius 1 is 1.47 bits per heavy atom. The zero-order valence-corrected chi connectivity index (χ0v) is 10.1. The third-order valence-electron chi connectivity index (χ3n) is 2.18. The van der Waals surface area contributed by atoms with Gasteiger partial charge in [0, 0.05) is 24.4 Å². The van der Waals surface area contributed by atoms with Crippen LogP contribution in [-0.4, -0.2) is 19.8 Å². The third-order valence-corrected chi connectivity index (χ3v) is 2.41. The van der Waals surface area contributed by atoms with E-state index in [4.69, 9.17) is 22.7 Å². The average Bonchev–Trinajstić information content (AvgIpc) is 2.77. The second-order valence-electron chi connectivity index (χ2n) is 3.38.